The molecule has 3 rings (SSSR count). The first-order valence-corrected chi connectivity index (χ1v) is 8.06. The van der Waals surface area contributed by atoms with E-state index >= 15 is 0 Å². The molecule has 0 N–H and O–H groups in total. The Morgan fingerprint density at radius 3 is 2.00 bits per heavy atom. The molecule has 24 heavy (non-hydrogen) atoms. The van der Waals surface area contributed by atoms with Gasteiger partial charge in [0.25, 0.3) is 5.69 Å². The number of hydrogen-bond acceptors (Lipinski definition) is 1. The van der Waals surface area contributed by atoms with Crippen LogP contribution in [-0.4, -0.2) is 11.3 Å². The lowest BCUT2D eigenvalue weighted by molar-refractivity contribution is -0.740. The fraction of sp³-hybridized carbons (Fsp3) is 0.250. The molecule has 0 radical (unpaired) electrons. The van der Waals surface area contributed by atoms with Crippen molar-refractivity contribution in [1.82, 2.24) is 4.68 Å². The van der Waals surface area contributed by atoms with Crippen molar-refractivity contribution < 1.29 is 21.8 Å². The maximum absolute atomic E-state index is 6.19. The van der Waals surface area contributed by atoms with Crippen LogP contribution >= 0.6 is 0 Å². The van der Waals surface area contributed by atoms with Gasteiger partial charge in [-0.15, -0.1) is 4.68 Å². The average molecular weight is 343 g/mol. The predicted molar refractivity (Wildman–Crippen MR) is 93.2 cm³/mol. The van der Waals surface area contributed by atoms with E-state index in [-0.39, 0.29) is 12.4 Å². The van der Waals surface area contributed by atoms with E-state index in [0.29, 0.717) is 6.61 Å². The maximum atomic E-state index is 6.19. The summed E-state index contributed by atoms with van der Waals surface area (Å²) in [6, 6.07) is 20.8. The van der Waals surface area contributed by atoms with Gasteiger partial charge in [-0.2, -0.15) is 4.68 Å². The topological polar surface area (TPSA) is 18.0 Å². The van der Waals surface area contributed by atoms with Gasteiger partial charge >= 0.3 is 0 Å². The van der Waals surface area contributed by atoms with Crippen LogP contribution in [0.25, 0.3) is 22.5 Å². The van der Waals surface area contributed by atoms with Crippen LogP contribution in [0.2, 0.25) is 0 Å². The van der Waals surface area contributed by atoms with Crippen molar-refractivity contribution in [2.24, 2.45) is 14.1 Å². The molecule has 4 heteroatoms. The van der Waals surface area contributed by atoms with Crippen LogP contribution in [0.1, 0.15) is 13.3 Å². The van der Waals surface area contributed by atoms with E-state index in [1.54, 1.807) is 0 Å². The fourth-order valence-corrected chi connectivity index (χ4v) is 2.87. The summed E-state index contributed by atoms with van der Waals surface area (Å²) < 4.78 is 10.5. The third-order valence-corrected chi connectivity index (χ3v) is 4.07. The third-order valence-electron chi connectivity index (χ3n) is 4.07. The van der Waals surface area contributed by atoms with Gasteiger partial charge in [0.2, 0.25) is 5.75 Å². The normalized spacial score (nSPS) is 10.3. The standard InChI is InChI=1S/C20H23N2O.ClH/c1-4-15-23-20-18(16-11-7-5-8-12-16)21(2)22(3)19(20)17-13-9-6-10-14-17;/h5-14H,4,15H2,1-3H3;1H/q+1;/p-1. The van der Waals surface area contributed by atoms with Gasteiger partial charge < -0.3 is 17.1 Å². The quantitative estimate of drug-likeness (QED) is 0.632. The number of halogens is 1. The maximum Gasteiger partial charge on any atom is 0.280 e. The highest BCUT2D eigenvalue weighted by Crippen LogP contribution is 2.37. The molecule has 0 aliphatic heterocycles. The molecule has 0 unspecified atom stereocenters. The molecule has 3 aromatic rings. The minimum Gasteiger partial charge on any atom is -1.00 e. The second-order valence-electron chi connectivity index (χ2n) is 5.65. The van der Waals surface area contributed by atoms with Crippen molar-refractivity contribution >= 4 is 0 Å². The lowest BCUT2D eigenvalue weighted by Gasteiger charge is -2.06. The first-order chi connectivity index (χ1) is 11.2. The fourth-order valence-electron chi connectivity index (χ4n) is 2.87. The Morgan fingerprint density at radius 1 is 0.917 bits per heavy atom. The zero-order valence-corrected chi connectivity index (χ0v) is 15.1. The molecule has 0 spiro atoms. The minimum absolute atomic E-state index is 0. The first-order valence-electron chi connectivity index (χ1n) is 8.06. The zero-order valence-electron chi connectivity index (χ0n) is 14.4. The third kappa shape index (κ3) is 3.31. The Balaban J connectivity index is 0.00000208. The lowest BCUT2D eigenvalue weighted by atomic mass is 10.1. The van der Waals surface area contributed by atoms with E-state index < -0.39 is 0 Å². The van der Waals surface area contributed by atoms with Gasteiger partial charge in [0.1, 0.15) is 0 Å². The van der Waals surface area contributed by atoms with Gasteiger partial charge in [-0.05, 0) is 18.6 Å². The van der Waals surface area contributed by atoms with Crippen LogP contribution < -0.4 is 21.8 Å². The summed E-state index contributed by atoms with van der Waals surface area (Å²) in [5.41, 5.74) is 4.55. The highest BCUT2D eigenvalue weighted by molar-refractivity contribution is 5.76. The van der Waals surface area contributed by atoms with Crippen molar-refractivity contribution in [2.45, 2.75) is 13.3 Å². The SMILES string of the molecule is CCCOc1c(-c2ccccc2)n(C)[n+](C)c1-c1ccccc1.[Cl-]. The highest BCUT2D eigenvalue weighted by Gasteiger charge is 2.29. The molecule has 1 aromatic heterocycles. The Labute approximate surface area is 149 Å². The molecule has 0 atom stereocenters. The van der Waals surface area contributed by atoms with Crippen LogP contribution in [0.5, 0.6) is 5.75 Å². The summed E-state index contributed by atoms with van der Waals surface area (Å²) in [5, 5.41) is 0. The summed E-state index contributed by atoms with van der Waals surface area (Å²) in [4.78, 5) is 0. The molecular formula is C20H23ClN2O. The van der Waals surface area contributed by atoms with Gasteiger partial charge in [-0.25, -0.2) is 0 Å². The Hall–Kier alpha value is -2.26. The summed E-state index contributed by atoms with van der Waals surface area (Å²) in [5.74, 6) is 0.953. The van der Waals surface area contributed by atoms with E-state index in [1.165, 1.54) is 11.1 Å². The highest BCUT2D eigenvalue weighted by atomic mass is 35.5. The van der Waals surface area contributed by atoms with E-state index in [4.69, 9.17) is 4.74 Å². The monoisotopic (exact) mass is 342 g/mol. The van der Waals surface area contributed by atoms with Gasteiger partial charge in [-0.1, -0.05) is 55.5 Å². The van der Waals surface area contributed by atoms with Gasteiger partial charge in [-0.3, -0.25) is 0 Å². The van der Waals surface area contributed by atoms with E-state index in [1.807, 2.05) is 12.1 Å². The molecule has 2 aromatic carbocycles. The van der Waals surface area contributed by atoms with Crippen molar-refractivity contribution in [3.8, 4) is 28.3 Å². The van der Waals surface area contributed by atoms with E-state index in [9.17, 15) is 0 Å². The smallest absolute Gasteiger partial charge is 0.280 e. The average Bonchev–Trinajstić information content (AvgIpc) is 2.85. The molecule has 0 bridgehead atoms. The van der Waals surface area contributed by atoms with Crippen LogP contribution in [0, 0.1) is 0 Å². The minimum atomic E-state index is 0. The van der Waals surface area contributed by atoms with E-state index in [2.05, 4.69) is 78.9 Å². The molecule has 0 aliphatic carbocycles. The number of aromatic nitrogens is 2. The molecule has 0 aliphatic rings. The second kappa shape index (κ2) is 8.02. The van der Waals surface area contributed by atoms with Crippen molar-refractivity contribution in [3.63, 3.8) is 0 Å². The molecule has 1 heterocycles. The van der Waals surface area contributed by atoms with Crippen LogP contribution in [0.4, 0.5) is 0 Å². The zero-order chi connectivity index (χ0) is 16.2. The Kier molecular flexibility index (Phi) is 6.04. The summed E-state index contributed by atoms with van der Waals surface area (Å²) in [6.07, 6.45) is 0.987. The van der Waals surface area contributed by atoms with Gasteiger partial charge in [0.05, 0.1) is 19.2 Å². The second-order valence-corrected chi connectivity index (χ2v) is 5.65. The number of nitrogens with zero attached hydrogens (tertiary/aromatic N) is 2. The molecule has 0 saturated heterocycles. The molecule has 3 nitrogen and oxygen atoms in total. The molecular weight excluding hydrogens is 320 g/mol. The summed E-state index contributed by atoms with van der Waals surface area (Å²) in [6.45, 7) is 2.84. The lowest BCUT2D eigenvalue weighted by Crippen LogP contribution is -3.00. The Bertz CT molecular complexity index is 719. The summed E-state index contributed by atoms with van der Waals surface area (Å²) in [7, 11) is 4.15. The van der Waals surface area contributed by atoms with Gasteiger partial charge in [0, 0.05) is 5.56 Å². The Morgan fingerprint density at radius 2 is 1.46 bits per heavy atom. The first kappa shape index (κ1) is 18.1. The predicted octanol–water partition coefficient (Wildman–Crippen LogP) is 0.976. The van der Waals surface area contributed by atoms with E-state index in [0.717, 1.165) is 23.6 Å². The van der Waals surface area contributed by atoms with Crippen molar-refractivity contribution in [1.29, 1.82) is 0 Å². The number of benzene rings is 2. The molecule has 0 fully saturated rings. The van der Waals surface area contributed by atoms with Crippen molar-refractivity contribution in [2.75, 3.05) is 6.61 Å². The van der Waals surface area contributed by atoms with Crippen LogP contribution in [-0.2, 0) is 14.1 Å². The van der Waals surface area contributed by atoms with Crippen molar-refractivity contribution in [3.05, 3.63) is 60.7 Å². The van der Waals surface area contributed by atoms with Crippen LogP contribution in [0.3, 0.4) is 0 Å². The summed E-state index contributed by atoms with van der Waals surface area (Å²) >= 11 is 0. The largest absolute Gasteiger partial charge is 1.00 e. The molecule has 0 amide bonds. The van der Waals surface area contributed by atoms with Crippen LogP contribution in [0.15, 0.2) is 60.7 Å². The van der Waals surface area contributed by atoms with Gasteiger partial charge in [0.15, 0.2) is 12.7 Å². The number of ether oxygens (including phenoxy) is 1. The number of hydrogen-bond donors (Lipinski definition) is 0. The molecule has 126 valence electrons. The molecule has 0 saturated carbocycles. The number of rotatable bonds is 5.